The summed E-state index contributed by atoms with van der Waals surface area (Å²) < 4.78 is 13.8. The fourth-order valence-corrected chi connectivity index (χ4v) is 2.51. The highest BCUT2D eigenvalue weighted by Gasteiger charge is 2.08. The second kappa shape index (κ2) is 7.93. The summed E-state index contributed by atoms with van der Waals surface area (Å²) in [5.74, 6) is -0.954. The Hall–Kier alpha value is -2.99. The lowest BCUT2D eigenvalue weighted by atomic mass is 10.2. The van der Waals surface area contributed by atoms with Crippen LogP contribution < -0.4 is 10.6 Å². The van der Waals surface area contributed by atoms with Gasteiger partial charge in [0.25, 0.3) is 11.8 Å². The molecule has 6 heteroatoms. The number of halogens is 2. The van der Waals surface area contributed by atoms with Gasteiger partial charge in [0.1, 0.15) is 5.82 Å². The third kappa shape index (κ3) is 4.55. The Balaban J connectivity index is 1.62. The van der Waals surface area contributed by atoms with Crippen molar-refractivity contribution >= 4 is 39.1 Å². The van der Waals surface area contributed by atoms with Gasteiger partial charge in [-0.3, -0.25) is 9.59 Å². The summed E-state index contributed by atoms with van der Waals surface area (Å²) in [6, 6.07) is 19.1. The smallest absolute Gasteiger partial charge is 0.255 e. The molecule has 0 unspecified atom stereocenters. The number of hydrogen-bond donors (Lipinski definition) is 2. The molecule has 0 bridgehead atoms. The summed E-state index contributed by atoms with van der Waals surface area (Å²) >= 11 is 3.32. The molecule has 3 rings (SSSR count). The van der Waals surface area contributed by atoms with Crippen molar-refractivity contribution in [1.82, 2.24) is 0 Å². The van der Waals surface area contributed by atoms with Crippen LogP contribution in [0.15, 0.2) is 77.3 Å². The lowest BCUT2D eigenvalue weighted by molar-refractivity contribution is 0.101. The van der Waals surface area contributed by atoms with Gasteiger partial charge in [0, 0.05) is 27.0 Å². The lowest BCUT2D eigenvalue weighted by Gasteiger charge is -2.08. The third-order valence-electron chi connectivity index (χ3n) is 3.61. The van der Waals surface area contributed by atoms with E-state index >= 15 is 0 Å². The molecule has 0 heterocycles. The molecule has 0 aliphatic rings. The van der Waals surface area contributed by atoms with E-state index in [1.807, 2.05) is 0 Å². The number of hydrogen-bond acceptors (Lipinski definition) is 2. The van der Waals surface area contributed by atoms with Crippen molar-refractivity contribution in [2.45, 2.75) is 0 Å². The van der Waals surface area contributed by atoms with Crippen LogP contribution in [0, 0.1) is 5.82 Å². The molecule has 4 nitrogen and oxygen atoms in total. The highest BCUT2D eigenvalue weighted by atomic mass is 79.9. The summed E-state index contributed by atoms with van der Waals surface area (Å²) in [5, 5.41) is 5.50. The first-order valence-electron chi connectivity index (χ1n) is 7.75. The number of benzene rings is 3. The van der Waals surface area contributed by atoms with Crippen molar-refractivity contribution in [3.05, 3.63) is 94.2 Å². The number of anilines is 2. The monoisotopic (exact) mass is 412 g/mol. The van der Waals surface area contributed by atoms with Crippen LogP contribution in [-0.4, -0.2) is 11.8 Å². The highest BCUT2D eigenvalue weighted by Crippen LogP contribution is 2.17. The van der Waals surface area contributed by atoms with Gasteiger partial charge in [-0.1, -0.05) is 15.9 Å². The number of rotatable bonds is 4. The second-order valence-electron chi connectivity index (χ2n) is 5.50. The van der Waals surface area contributed by atoms with E-state index in [0.29, 0.717) is 22.5 Å². The minimum absolute atomic E-state index is 0.222. The molecule has 130 valence electrons. The number of carbonyl (C=O) groups excluding carboxylic acids is 2. The van der Waals surface area contributed by atoms with Crippen molar-refractivity contribution in [2.24, 2.45) is 0 Å². The average Bonchev–Trinajstić information content (AvgIpc) is 2.64. The number of carbonyl (C=O) groups is 2. The van der Waals surface area contributed by atoms with Crippen LogP contribution in [0.4, 0.5) is 15.8 Å². The van der Waals surface area contributed by atoms with Crippen LogP contribution in [0.3, 0.4) is 0 Å². The van der Waals surface area contributed by atoms with E-state index in [4.69, 9.17) is 0 Å². The first kappa shape index (κ1) is 17.8. The number of nitrogens with one attached hydrogen (secondary N) is 2. The van der Waals surface area contributed by atoms with Gasteiger partial charge < -0.3 is 10.6 Å². The fourth-order valence-electron chi connectivity index (χ4n) is 2.25. The molecule has 0 aliphatic carbocycles. The summed E-state index contributed by atoms with van der Waals surface area (Å²) in [6.07, 6.45) is 0. The molecule has 0 spiro atoms. The maximum absolute atomic E-state index is 12.9. The van der Waals surface area contributed by atoms with E-state index in [1.165, 1.54) is 24.3 Å². The van der Waals surface area contributed by atoms with Gasteiger partial charge >= 0.3 is 0 Å². The summed E-state index contributed by atoms with van der Waals surface area (Å²) in [7, 11) is 0. The molecule has 3 aromatic rings. The van der Waals surface area contributed by atoms with E-state index in [1.54, 1.807) is 48.5 Å². The molecule has 0 atom stereocenters. The quantitative estimate of drug-likeness (QED) is 0.626. The maximum atomic E-state index is 12.9. The normalized spacial score (nSPS) is 10.2. The number of amides is 2. The highest BCUT2D eigenvalue weighted by molar-refractivity contribution is 9.10. The Kier molecular flexibility index (Phi) is 5.43. The molecule has 0 aliphatic heterocycles. The summed E-state index contributed by atoms with van der Waals surface area (Å²) in [6.45, 7) is 0. The van der Waals surface area contributed by atoms with Crippen LogP contribution in [0.2, 0.25) is 0 Å². The van der Waals surface area contributed by atoms with E-state index in [2.05, 4.69) is 26.6 Å². The van der Waals surface area contributed by atoms with Crippen LogP contribution in [0.5, 0.6) is 0 Å². The van der Waals surface area contributed by atoms with Crippen molar-refractivity contribution in [3.8, 4) is 0 Å². The zero-order chi connectivity index (χ0) is 18.5. The third-order valence-corrected chi connectivity index (χ3v) is 4.14. The van der Waals surface area contributed by atoms with Crippen LogP contribution in [0.25, 0.3) is 0 Å². The van der Waals surface area contributed by atoms with E-state index in [-0.39, 0.29) is 11.8 Å². The molecule has 0 saturated heterocycles. The zero-order valence-electron chi connectivity index (χ0n) is 13.5. The standard InChI is InChI=1S/C20H14BrFN2O2/c21-15-5-1-13(2-6-15)19(25)23-17-9-11-18(12-10-17)24-20(26)14-3-7-16(22)8-4-14/h1-12H,(H,23,25)(H,24,26). The second-order valence-corrected chi connectivity index (χ2v) is 6.42. The van der Waals surface area contributed by atoms with E-state index in [9.17, 15) is 14.0 Å². The Labute approximate surface area is 158 Å². The first-order valence-corrected chi connectivity index (χ1v) is 8.54. The molecule has 2 amide bonds. The predicted molar refractivity (Wildman–Crippen MR) is 103 cm³/mol. The first-order chi connectivity index (χ1) is 12.5. The van der Waals surface area contributed by atoms with Crippen LogP contribution in [-0.2, 0) is 0 Å². The maximum Gasteiger partial charge on any atom is 0.255 e. The molecule has 3 aromatic carbocycles. The Bertz CT molecular complexity index is 845. The molecule has 0 aromatic heterocycles. The molecular weight excluding hydrogens is 399 g/mol. The summed E-state index contributed by atoms with van der Waals surface area (Å²) in [4.78, 5) is 24.3. The molecule has 2 N–H and O–H groups in total. The van der Waals surface area contributed by atoms with E-state index < -0.39 is 5.82 Å². The zero-order valence-corrected chi connectivity index (χ0v) is 15.1. The molecular formula is C20H14BrFN2O2. The summed E-state index contributed by atoms with van der Waals surface area (Å²) in [5.41, 5.74) is 2.08. The molecule has 0 fully saturated rings. The van der Waals surface area contributed by atoms with Crippen molar-refractivity contribution in [2.75, 3.05) is 10.6 Å². The van der Waals surface area contributed by atoms with Gasteiger partial charge in [0.15, 0.2) is 0 Å². The predicted octanol–water partition coefficient (Wildman–Crippen LogP) is 5.09. The van der Waals surface area contributed by atoms with Gasteiger partial charge in [-0.05, 0) is 72.8 Å². The van der Waals surface area contributed by atoms with Gasteiger partial charge in [0.05, 0.1) is 0 Å². The minimum atomic E-state index is -0.396. The van der Waals surface area contributed by atoms with Crippen molar-refractivity contribution < 1.29 is 14.0 Å². The molecule has 26 heavy (non-hydrogen) atoms. The average molecular weight is 413 g/mol. The molecule has 0 radical (unpaired) electrons. The largest absolute Gasteiger partial charge is 0.322 e. The van der Waals surface area contributed by atoms with Gasteiger partial charge in [0.2, 0.25) is 0 Å². The van der Waals surface area contributed by atoms with Crippen LogP contribution >= 0.6 is 15.9 Å². The molecule has 0 saturated carbocycles. The SMILES string of the molecule is O=C(Nc1ccc(NC(=O)c2ccc(Br)cc2)cc1)c1ccc(F)cc1. The fraction of sp³-hybridized carbons (Fsp3) is 0. The Morgan fingerprint density at radius 2 is 1.04 bits per heavy atom. The van der Waals surface area contributed by atoms with Gasteiger partial charge in [-0.2, -0.15) is 0 Å². The van der Waals surface area contributed by atoms with Crippen LogP contribution in [0.1, 0.15) is 20.7 Å². The van der Waals surface area contributed by atoms with Crippen molar-refractivity contribution in [1.29, 1.82) is 0 Å². The Morgan fingerprint density at radius 1 is 0.654 bits per heavy atom. The van der Waals surface area contributed by atoms with Gasteiger partial charge in [-0.15, -0.1) is 0 Å². The lowest BCUT2D eigenvalue weighted by Crippen LogP contribution is -2.13. The van der Waals surface area contributed by atoms with Crippen molar-refractivity contribution in [3.63, 3.8) is 0 Å². The Morgan fingerprint density at radius 3 is 1.46 bits per heavy atom. The van der Waals surface area contributed by atoms with E-state index in [0.717, 1.165) is 4.47 Å². The minimum Gasteiger partial charge on any atom is -0.322 e. The topological polar surface area (TPSA) is 58.2 Å². The van der Waals surface area contributed by atoms with Gasteiger partial charge in [-0.25, -0.2) is 4.39 Å².